The Bertz CT molecular complexity index is 210. The van der Waals surface area contributed by atoms with Crippen molar-refractivity contribution in [3.63, 3.8) is 0 Å². The van der Waals surface area contributed by atoms with Crippen LogP contribution in [0.4, 0.5) is 0 Å². The second-order valence-corrected chi connectivity index (χ2v) is 7.01. The van der Waals surface area contributed by atoms with Gasteiger partial charge in [0, 0.05) is 0 Å². The van der Waals surface area contributed by atoms with Crippen LogP contribution in [0.5, 0.6) is 0 Å². The van der Waals surface area contributed by atoms with Crippen molar-refractivity contribution in [3.8, 4) is 0 Å². The lowest BCUT2D eigenvalue weighted by atomic mass is 9.56. The van der Waals surface area contributed by atoms with E-state index in [0.29, 0.717) is 0 Å². The van der Waals surface area contributed by atoms with Crippen LogP contribution in [0.25, 0.3) is 0 Å². The van der Waals surface area contributed by atoms with Gasteiger partial charge in [-0.1, -0.05) is 58.8 Å². The van der Waals surface area contributed by atoms with Crippen LogP contribution < -0.4 is 0 Å². The van der Waals surface area contributed by atoms with Crippen LogP contribution in [0.3, 0.4) is 0 Å². The van der Waals surface area contributed by atoms with Crippen LogP contribution in [0.2, 0.25) is 0 Å². The lowest BCUT2D eigenvalue weighted by Crippen LogP contribution is -2.39. The molecule has 2 heteroatoms. The summed E-state index contributed by atoms with van der Waals surface area (Å²) in [4.78, 5) is 0. The van der Waals surface area contributed by atoms with Crippen molar-refractivity contribution in [2.24, 2.45) is 17.3 Å². The monoisotopic (exact) mass is 410 g/mol. The first-order valence-corrected chi connectivity index (χ1v) is 8.83. The molecule has 0 spiro atoms. The SMILES string of the molecule is Br.Br.CCCC(CC)(C1CCCCC1)C1CCCCC1. The van der Waals surface area contributed by atoms with E-state index in [1.165, 1.54) is 57.8 Å². The molecule has 0 atom stereocenters. The topological polar surface area (TPSA) is 0 Å². The van der Waals surface area contributed by atoms with E-state index in [4.69, 9.17) is 0 Å². The zero-order valence-corrected chi connectivity index (χ0v) is 17.1. The number of hydrogen-bond acceptors (Lipinski definition) is 0. The molecule has 0 aromatic carbocycles. The molecule has 0 heterocycles. The molecule has 0 aromatic rings. The summed E-state index contributed by atoms with van der Waals surface area (Å²) in [5.74, 6) is 2.14. The molecule has 20 heavy (non-hydrogen) atoms. The third-order valence-electron chi connectivity index (χ3n) is 6.21. The Labute approximate surface area is 148 Å². The maximum Gasteiger partial charge on any atom is -0.0244 e. The van der Waals surface area contributed by atoms with Crippen LogP contribution in [-0.2, 0) is 0 Å². The van der Waals surface area contributed by atoms with Gasteiger partial charge in [-0.05, 0) is 55.8 Å². The van der Waals surface area contributed by atoms with Gasteiger partial charge in [0.05, 0.1) is 0 Å². The molecule has 0 bridgehead atoms. The van der Waals surface area contributed by atoms with Crippen molar-refractivity contribution in [3.05, 3.63) is 0 Å². The maximum atomic E-state index is 2.50. The Balaban J connectivity index is 0.00000180. The first kappa shape index (κ1) is 21.0. The molecule has 0 amide bonds. The molecule has 0 aromatic heterocycles. The summed E-state index contributed by atoms with van der Waals surface area (Å²) in [5.41, 5.74) is 0.732. The van der Waals surface area contributed by atoms with Gasteiger partial charge in [-0.3, -0.25) is 0 Å². The van der Waals surface area contributed by atoms with Gasteiger partial charge in [0.1, 0.15) is 0 Å². The van der Waals surface area contributed by atoms with Gasteiger partial charge >= 0.3 is 0 Å². The van der Waals surface area contributed by atoms with Crippen LogP contribution >= 0.6 is 34.0 Å². The van der Waals surface area contributed by atoms with Crippen molar-refractivity contribution in [2.45, 2.75) is 97.3 Å². The van der Waals surface area contributed by atoms with Gasteiger partial charge in [-0.15, -0.1) is 34.0 Å². The van der Waals surface area contributed by atoms with E-state index in [2.05, 4.69) is 13.8 Å². The fourth-order valence-corrected chi connectivity index (χ4v) is 5.32. The molecule has 0 aliphatic heterocycles. The quantitative estimate of drug-likeness (QED) is 0.439. The summed E-state index contributed by atoms with van der Waals surface area (Å²) >= 11 is 0. The van der Waals surface area contributed by atoms with E-state index in [1.54, 1.807) is 25.7 Å². The molecule has 122 valence electrons. The van der Waals surface area contributed by atoms with E-state index in [9.17, 15) is 0 Å². The molecule has 2 fully saturated rings. The molecule has 0 radical (unpaired) electrons. The summed E-state index contributed by atoms with van der Waals surface area (Å²) in [7, 11) is 0. The third-order valence-corrected chi connectivity index (χ3v) is 6.21. The first-order valence-electron chi connectivity index (χ1n) is 8.83. The minimum Gasteiger partial charge on any atom is -0.114 e. The molecule has 2 aliphatic carbocycles. The van der Waals surface area contributed by atoms with Gasteiger partial charge in [0.25, 0.3) is 0 Å². The van der Waals surface area contributed by atoms with E-state index in [1.807, 2.05) is 0 Å². The van der Waals surface area contributed by atoms with Gasteiger partial charge in [-0.2, -0.15) is 0 Å². The number of rotatable bonds is 5. The summed E-state index contributed by atoms with van der Waals surface area (Å²) in [6.45, 7) is 4.91. The van der Waals surface area contributed by atoms with Crippen LogP contribution in [-0.4, -0.2) is 0 Å². The highest BCUT2D eigenvalue weighted by Crippen LogP contribution is 2.53. The van der Waals surface area contributed by atoms with Crippen LogP contribution in [0.15, 0.2) is 0 Å². The van der Waals surface area contributed by atoms with E-state index in [0.717, 1.165) is 17.3 Å². The Hall–Kier alpha value is 0.960. The van der Waals surface area contributed by atoms with Gasteiger partial charge in [-0.25, -0.2) is 0 Å². The Morgan fingerprint density at radius 3 is 1.40 bits per heavy atom. The van der Waals surface area contributed by atoms with Gasteiger partial charge in [0.15, 0.2) is 0 Å². The molecule has 0 unspecified atom stereocenters. The zero-order valence-electron chi connectivity index (χ0n) is 13.7. The lowest BCUT2D eigenvalue weighted by Gasteiger charge is -2.49. The second kappa shape index (κ2) is 10.6. The summed E-state index contributed by atoms with van der Waals surface area (Å²) in [6, 6.07) is 0. The van der Waals surface area contributed by atoms with E-state index >= 15 is 0 Å². The lowest BCUT2D eigenvalue weighted by molar-refractivity contribution is 0.00863. The van der Waals surface area contributed by atoms with Crippen molar-refractivity contribution in [2.75, 3.05) is 0 Å². The largest absolute Gasteiger partial charge is 0.114 e. The van der Waals surface area contributed by atoms with Gasteiger partial charge in [0.2, 0.25) is 0 Å². The summed E-state index contributed by atoms with van der Waals surface area (Å²) < 4.78 is 0. The van der Waals surface area contributed by atoms with Crippen molar-refractivity contribution in [1.82, 2.24) is 0 Å². The first-order chi connectivity index (χ1) is 8.83. The number of halogens is 2. The fourth-order valence-electron chi connectivity index (χ4n) is 5.32. The molecule has 2 saturated carbocycles. The maximum absolute atomic E-state index is 2.50. The van der Waals surface area contributed by atoms with Crippen molar-refractivity contribution < 1.29 is 0 Å². The second-order valence-electron chi connectivity index (χ2n) is 7.01. The fraction of sp³-hybridized carbons (Fsp3) is 1.00. The van der Waals surface area contributed by atoms with Crippen LogP contribution in [0.1, 0.15) is 97.3 Å². The molecule has 2 aliphatic rings. The predicted molar refractivity (Wildman–Crippen MR) is 101 cm³/mol. The average Bonchev–Trinajstić information content (AvgIpc) is 2.47. The minimum atomic E-state index is 0. The molecule has 0 nitrogen and oxygen atoms in total. The van der Waals surface area contributed by atoms with Gasteiger partial charge < -0.3 is 0 Å². The Morgan fingerprint density at radius 2 is 1.10 bits per heavy atom. The highest BCUT2D eigenvalue weighted by molar-refractivity contribution is 8.93. The molecule has 0 saturated heterocycles. The highest BCUT2D eigenvalue weighted by atomic mass is 79.9. The molecule has 0 N–H and O–H groups in total. The van der Waals surface area contributed by atoms with Crippen molar-refractivity contribution >= 4 is 34.0 Å². The Kier molecular flexibility index (Phi) is 11.2. The highest BCUT2D eigenvalue weighted by Gasteiger charge is 2.43. The normalized spacial score (nSPS) is 21.9. The third kappa shape index (κ3) is 4.73. The molecule has 2 rings (SSSR count). The van der Waals surface area contributed by atoms with E-state index in [-0.39, 0.29) is 34.0 Å². The summed E-state index contributed by atoms with van der Waals surface area (Å²) in [5, 5.41) is 0. The van der Waals surface area contributed by atoms with Crippen molar-refractivity contribution in [1.29, 1.82) is 0 Å². The predicted octanol–water partition coefficient (Wildman–Crippen LogP) is 7.50. The Morgan fingerprint density at radius 1 is 0.700 bits per heavy atom. The number of hydrogen-bond donors (Lipinski definition) is 0. The average molecular weight is 412 g/mol. The molecular formula is C18H36Br2. The van der Waals surface area contributed by atoms with Crippen LogP contribution in [0, 0.1) is 17.3 Å². The smallest absolute Gasteiger partial charge is 0.0244 e. The molecular weight excluding hydrogens is 376 g/mol. The summed E-state index contributed by atoms with van der Waals surface area (Å²) in [6.07, 6.45) is 19.6. The standard InChI is InChI=1S/C18H34.2BrH/c1-3-15-18(4-2,16-11-7-5-8-12-16)17-13-9-6-10-14-17;;/h16-17H,3-15H2,1-2H3;2*1H. The minimum absolute atomic E-state index is 0. The zero-order chi connectivity index (χ0) is 12.8. The van der Waals surface area contributed by atoms with E-state index < -0.39 is 0 Å².